The third-order valence-electron chi connectivity index (χ3n) is 5.04. The minimum Gasteiger partial charge on any atom is -0.381 e. The SMILES string of the molecule is C=C1C=C(C#N)C=NN1/C(=C\C)c1cc(NC2CCOCC2)c(-c2nnc(C)s2)cn1.CC. The van der Waals surface area contributed by atoms with E-state index in [0.29, 0.717) is 17.3 Å². The first-order valence-electron chi connectivity index (χ1n) is 11.1. The summed E-state index contributed by atoms with van der Waals surface area (Å²) in [6.45, 7) is 13.4. The number of aryl methyl sites for hydroxylation is 1. The van der Waals surface area contributed by atoms with E-state index in [4.69, 9.17) is 15.0 Å². The Bertz CT molecular complexity index is 1120. The number of rotatable bonds is 5. The number of hydrazone groups is 1. The molecule has 4 rings (SSSR count). The van der Waals surface area contributed by atoms with Gasteiger partial charge in [-0.15, -0.1) is 10.2 Å². The predicted octanol–water partition coefficient (Wildman–Crippen LogP) is 5.15. The van der Waals surface area contributed by atoms with Gasteiger partial charge >= 0.3 is 0 Å². The molecule has 0 radical (unpaired) electrons. The molecule has 4 heterocycles. The summed E-state index contributed by atoms with van der Waals surface area (Å²) in [5.41, 5.74) is 4.47. The second kappa shape index (κ2) is 11.5. The molecule has 2 aliphatic heterocycles. The fraction of sp³-hybridized carbons (Fsp3) is 0.375. The Balaban J connectivity index is 0.00000149. The van der Waals surface area contributed by atoms with Gasteiger partial charge in [0.1, 0.15) is 11.1 Å². The molecule has 0 aliphatic carbocycles. The molecule has 0 amide bonds. The molecule has 8 nitrogen and oxygen atoms in total. The van der Waals surface area contributed by atoms with Crippen LogP contribution in [0.2, 0.25) is 0 Å². The van der Waals surface area contributed by atoms with E-state index in [1.807, 2.05) is 46.0 Å². The second-order valence-corrected chi connectivity index (χ2v) is 8.39. The Hall–Kier alpha value is -3.35. The molecule has 1 N–H and O–H groups in total. The van der Waals surface area contributed by atoms with Crippen LogP contribution < -0.4 is 5.32 Å². The fourth-order valence-electron chi connectivity index (χ4n) is 3.48. The zero-order valence-corrected chi connectivity index (χ0v) is 20.3. The molecule has 1 fully saturated rings. The van der Waals surface area contributed by atoms with Crippen molar-refractivity contribution in [1.82, 2.24) is 20.2 Å². The molecular weight excluding hydrogens is 434 g/mol. The highest BCUT2D eigenvalue weighted by Gasteiger charge is 2.21. The number of nitrogens with zero attached hydrogens (tertiary/aromatic N) is 6. The smallest absolute Gasteiger partial charge is 0.151 e. The van der Waals surface area contributed by atoms with Crippen molar-refractivity contribution in [3.63, 3.8) is 0 Å². The highest BCUT2D eigenvalue weighted by atomic mass is 32.1. The largest absolute Gasteiger partial charge is 0.381 e. The van der Waals surface area contributed by atoms with Crippen molar-refractivity contribution in [2.24, 2.45) is 5.10 Å². The van der Waals surface area contributed by atoms with E-state index in [9.17, 15) is 0 Å². The van der Waals surface area contributed by atoms with Crippen molar-refractivity contribution in [3.8, 4) is 16.6 Å². The van der Waals surface area contributed by atoms with Crippen LogP contribution in [0.3, 0.4) is 0 Å². The second-order valence-electron chi connectivity index (χ2n) is 7.21. The molecular formula is C24H29N7OS. The Kier molecular flexibility index (Phi) is 8.46. The van der Waals surface area contributed by atoms with Gasteiger partial charge in [0.15, 0.2) is 5.01 Å². The van der Waals surface area contributed by atoms with Crippen molar-refractivity contribution in [2.75, 3.05) is 18.5 Å². The van der Waals surface area contributed by atoms with E-state index in [1.165, 1.54) is 6.21 Å². The Morgan fingerprint density at radius 2 is 2.09 bits per heavy atom. The summed E-state index contributed by atoms with van der Waals surface area (Å²) in [4.78, 5) is 4.70. The molecule has 9 heteroatoms. The molecule has 2 aliphatic rings. The van der Waals surface area contributed by atoms with Gasteiger partial charge in [0.05, 0.1) is 34.4 Å². The van der Waals surface area contributed by atoms with E-state index in [1.54, 1.807) is 22.4 Å². The molecule has 33 heavy (non-hydrogen) atoms. The van der Waals surface area contributed by atoms with Crippen LogP contribution in [0.1, 0.15) is 44.3 Å². The van der Waals surface area contributed by atoms with Crippen LogP contribution in [0.4, 0.5) is 5.69 Å². The summed E-state index contributed by atoms with van der Waals surface area (Å²) in [7, 11) is 0. The van der Waals surface area contributed by atoms with Gasteiger partial charge in [-0.1, -0.05) is 37.8 Å². The van der Waals surface area contributed by atoms with Crippen LogP contribution in [-0.2, 0) is 4.74 Å². The molecule has 0 aromatic carbocycles. The quantitative estimate of drug-likeness (QED) is 0.654. The molecule has 0 atom stereocenters. The number of allylic oxidation sites excluding steroid dienone is 3. The van der Waals surface area contributed by atoms with Crippen LogP contribution in [-0.4, -0.2) is 45.7 Å². The summed E-state index contributed by atoms with van der Waals surface area (Å²) >= 11 is 1.54. The molecule has 0 saturated carbocycles. The molecule has 2 aromatic rings. The minimum absolute atomic E-state index is 0.315. The maximum Gasteiger partial charge on any atom is 0.151 e. The summed E-state index contributed by atoms with van der Waals surface area (Å²) in [6.07, 6.45) is 8.87. The topological polar surface area (TPSA) is 99.3 Å². The van der Waals surface area contributed by atoms with Crippen molar-refractivity contribution in [3.05, 3.63) is 53.0 Å². The molecule has 1 saturated heterocycles. The lowest BCUT2D eigenvalue weighted by Gasteiger charge is -2.27. The highest BCUT2D eigenvalue weighted by Crippen LogP contribution is 2.34. The van der Waals surface area contributed by atoms with Gasteiger partial charge in [-0.25, -0.2) is 5.01 Å². The number of anilines is 1. The fourth-order valence-corrected chi connectivity index (χ4v) is 4.20. The first-order valence-corrected chi connectivity index (χ1v) is 11.9. The van der Waals surface area contributed by atoms with Crippen LogP contribution in [0, 0.1) is 18.3 Å². The highest BCUT2D eigenvalue weighted by molar-refractivity contribution is 7.14. The number of hydrogen-bond donors (Lipinski definition) is 1. The van der Waals surface area contributed by atoms with Crippen molar-refractivity contribution < 1.29 is 4.74 Å². The lowest BCUT2D eigenvalue weighted by atomic mass is 10.1. The number of pyridine rings is 1. The maximum atomic E-state index is 9.12. The lowest BCUT2D eigenvalue weighted by molar-refractivity contribution is 0.0904. The van der Waals surface area contributed by atoms with Crippen LogP contribution in [0.25, 0.3) is 16.3 Å². The summed E-state index contributed by atoms with van der Waals surface area (Å²) in [6, 6.07) is 4.42. The van der Waals surface area contributed by atoms with Gasteiger partial charge in [-0.2, -0.15) is 10.4 Å². The molecule has 2 aromatic heterocycles. The van der Waals surface area contributed by atoms with E-state index in [0.717, 1.165) is 58.7 Å². The van der Waals surface area contributed by atoms with Gasteiger partial charge in [0.2, 0.25) is 0 Å². The Morgan fingerprint density at radius 1 is 1.33 bits per heavy atom. The van der Waals surface area contributed by atoms with E-state index in [-0.39, 0.29) is 0 Å². The zero-order chi connectivity index (χ0) is 23.8. The van der Waals surface area contributed by atoms with Crippen molar-refractivity contribution in [2.45, 2.75) is 46.6 Å². The Labute approximate surface area is 199 Å². The number of ether oxygens (including phenoxy) is 1. The molecule has 0 bridgehead atoms. The maximum absolute atomic E-state index is 9.12. The lowest BCUT2D eigenvalue weighted by Crippen LogP contribution is -2.28. The molecule has 0 unspecified atom stereocenters. The van der Waals surface area contributed by atoms with E-state index >= 15 is 0 Å². The van der Waals surface area contributed by atoms with Crippen LogP contribution in [0.5, 0.6) is 0 Å². The van der Waals surface area contributed by atoms with Gasteiger partial charge in [0.25, 0.3) is 0 Å². The first-order chi connectivity index (χ1) is 16.1. The number of nitriles is 1. The van der Waals surface area contributed by atoms with Gasteiger partial charge in [-0.05, 0) is 38.8 Å². The summed E-state index contributed by atoms with van der Waals surface area (Å²) in [5, 5.41) is 29.1. The Morgan fingerprint density at radius 3 is 2.70 bits per heavy atom. The van der Waals surface area contributed by atoms with Crippen molar-refractivity contribution >= 4 is 28.9 Å². The average molecular weight is 464 g/mol. The summed E-state index contributed by atoms with van der Waals surface area (Å²) < 4.78 is 5.50. The van der Waals surface area contributed by atoms with Gasteiger partial charge in [0, 0.05) is 31.1 Å². The molecule has 172 valence electrons. The number of nitrogens with one attached hydrogen (secondary N) is 1. The van der Waals surface area contributed by atoms with Gasteiger partial charge in [-0.3, -0.25) is 4.98 Å². The van der Waals surface area contributed by atoms with E-state index < -0.39 is 0 Å². The predicted molar refractivity (Wildman–Crippen MR) is 134 cm³/mol. The third-order valence-corrected chi connectivity index (χ3v) is 5.91. The van der Waals surface area contributed by atoms with Crippen LogP contribution >= 0.6 is 11.3 Å². The van der Waals surface area contributed by atoms with E-state index in [2.05, 4.69) is 33.3 Å². The average Bonchev–Trinajstić information content (AvgIpc) is 3.28. The number of aromatic nitrogens is 3. The normalized spacial score (nSPS) is 16.6. The monoisotopic (exact) mass is 463 g/mol. The zero-order valence-electron chi connectivity index (χ0n) is 19.5. The van der Waals surface area contributed by atoms with Crippen LogP contribution in [0.15, 0.2) is 47.4 Å². The standard InChI is InChI=1S/C22H23N7OS.C2H6/c1-4-21(29-14(2)9-16(11-23)12-25-29)20-10-19(26-17-5-7-30-8-6-17)18(13-24-20)22-28-27-15(3)31-22;1-2/h4,9-10,12-13,17H,2,5-8H2,1,3H3,(H,24,26);1-2H3/b21-4-;. The minimum atomic E-state index is 0.315. The molecule has 0 spiro atoms. The van der Waals surface area contributed by atoms with Gasteiger partial charge < -0.3 is 10.1 Å². The summed E-state index contributed by atoms with van der Waals surface area (Å²) in [5.74, 6) is 0. The number of hydrogen-bond acceptors (Lipinski definition) is 9. The first kappa shape index (κ1) is 24.3. The van der Waals surface area contributed by atoms with Crippen molar-refractivity contribution in [1.29, 1.82) is 5.26 Å². The third kappa shape index (κ3) is 5.72.